The van der Waals surface area contributed by atoms with Gasteiger partial charge in [0.15, 0.2) is 5.69 Å². The minimum absolute atomic E-state index is 0.0454. The van der Waals surface area contributed by atoms with Gasteiger partial charge in [-0.25, -0.2) is 0 Å². The molecule has 12 nitrogen and oxygen atoms in total. The maximum Gasteiger partial charge on any atom is 0.320 e. The summed E-state index contributed by atoms with van der Waals surface area (Å²) in [4.78, 5) is 35.1. The number of nitrogens with zero attached hydrogens (tertiary/aromatic N) is 5. The normalized spacial score (nSPS) is 10.6. The molecule has 27 heavy (non-hydrogen) atoms. The number of hydrogen-bond donors (Lipinski definition) is 2. The van der Waals surface area contributed by atoms with Crippen molar-refractivity contribution in [1.82, 2.24) is 24.9 Å². The van der Waals surface area contributed by atoms with E-state index in [1.807, 2.05) is 0 Å². The third-order valence-corrected chi connectivity index (χ3v) is 3.52. The fourth-order valence-electron chi connectivity index (χ4n) is 2.36. The lowest BCUT2D eigenvalue weighted by atomic mass is 10.3. The lowest BCUT2D eigenvalue weighted by Crippen LogP contribution is -2.25. The van der Waals surface area contributed by atoms with E-state index in [-0.39, 0.29) is 23.6 Å². The molecule has 0 aliphatic rings. The summed E-state index contributed by atoms with van der Waals surface area (Å²) in [6.45, 7) is 0.140. The Morgan fingerprint density at radius 2 is 1.89 bits per heavy atom. The molecule has 140 valence electrons. The summed E-state index contributed by atoms with van der Waals surface area (Å²) in [5, 5.41) is 23.9. The zero-order valence-electron chi connectivity index (χ0n) is 14.4. The number of aryl methyl sites for hydroxylation is 2. The van der Waals surface area contributed by atoms with Crippen LogP contribution in [0.4, 0.5) is 11.4 Å². The van der Waals surface area contributed by atoms with E-state index in [1.54, 1.807) is 19.2 Å². The first-order valence-electron chi connectivity index (χ1n) is 7.68. The van der Waals surface area contributed by atoms with E-state index < -0.39 is 22.4 Å². The van der Waals surface area contributed by atoms with Crippen LogP contribution < -0.4 is 10.6 Å². The van der Waals surface area contributed by atoms with Crippen LogP contribution in [-0.4, -0.2) is 36.3 Å². The summed E-state index contributed by atoms with van der Waals surface area (Å²) in [6.07, 6.45) is 4.01. The number of nitrogens with one attached hydrogen (secondary N) is 2. The van der Waals surface area contributed by atoms with Crippen LogP contribution in [0.15, 0.2) is 35.2 Å². The first-order valence-corrected chi connectivity index (χ1v) is 7.68. The Hall–Kier alpha value is -3.96. The Morgan fingerprint density at radius 1 is 1.19 bits per heavy atom. The quantitative estimate of drug-likeness (QED) is 0.480. The molecule has 0 fully saturated rings. The van der Waals surface area contributed by atoms with E-state index >= 15 is 0 Å². The summed E-state index contributed by atoms with van der Waals surface area (Å²) < 4.78 is 7.63. The number of nitro groups is 1. The van der Waals surface area contributed by atoms with Crippen LogP contribution in [0.5, 0.6) is 0 Å². The Morgan fingerprint density at radius 3 is 2.56 bits per heavy atom. The number of rotatable bonds is 6. The van der Waals surface area contributed by atoms with Gasteiger partial charge in [-0.1, -0.05) is 0 Å². The SMILES string of the molecule is Cn1cc(NC(=O)c2nn(C)cc2[N+](=O)[O-])c(C(=O)NCc2ccco2)n1. The molecule has 12 heteroatoms. The topological polar surface area (TPSA) is 150 Å². The minimum atomic E-state index is -0.824. The Balaban J connectivity index is 1.78. The Labute approximate surface area is 151 Å². The van der Waals surface area contributed by atoms with Gasteiger partial charge in [0.2, 0.25) is 5.69 Å². The van der Waals surface area contributed by atoms with E-state index in [0.29, 0.717) is 5.76 Å². The van der Waals surface area contributed by atoms with E-state index in [9.17, 15) is 19.7 Å². The zero-order chi connectivity index (χ0) is 19.6. The third kappa shape index (κ3) is 3.84. The van der Waals surface area contributed by atoms with Gasteiger partial charge in [0.25, 0.3) is 11.8 Å². The number of carbonyl (C=O) groups excluding carboxylic acids is 2. The highest BCUT2D eigenvalue weighted by atomic mass is 16.6. The number of carbonyl (C=O) groups is 2. The lowest BCUT2D eigenvalue weighted by Gasteiger charge is -2.04. The molecule has 3 aromatic heterocycles. The molecular formula is C15H15N7O5. The highest BCUT2D eigenvalue weighted by Crippen LogP contribution is 2.20. The van der Waals surface area contributed by atoms with Gasteiger partial charge in [-0.15, -0.1) is 0 Å². The maximum absolute atomic E-state index is 12.4. The second kappa shape index (κ2) is 7.11. The molecule has 0 bridgehead atoms. The van der Waals surface area contributed by atoms with Gasteiger partial charge in [-0.2, -0.15) is 10.2 Å². The molecule has 3 rings (SSSR count). The smallest absolute Gasteiger partial charge is 0.320 e. The molecule has 0 spiro atoms. The largest absolute Gasteiger partial charge is 0.467 e. The minimum Gasteiger partial charge on any atom is -0.467 e. The van der Waals surface area contributed by atoms with Gasteiger partial charge in [0.1, 0.15) is 12.0 Å². The van der Waals surface area contributed by atoms with Crippen molar-refractivity contribution in [3.63, 3.8) is 0 Å². The third-order valence-electron chi connectivity index (χ3n) is 3.52. The number of aromatic nitrogens is 4. The molecule has 2 amide bonds. The number of furan rings is 1. The number of hydrogen-bond acceptors (Lipinski definition) is 7. The molecule has 0 atom stereocenters. The van der Waals surface area contributed by atoms with Gasteiger partial charge in [-0.3, -0.25) is 29.1 Å². The lowest BCUT2D eigenvalue weighted by molar-refractivity contribution is -0.385. The van der Waals surface area contributed by atoms with Crippen molar-refractivity contribution in [3.05, 3.63) is 58.1 Å². The summed E-state index contributed by atoms with van der Waals surface area (Å²) in [7, 11) is 3.03. The first-order chi connectivity index (χ1) is 12.8. The van der Waals surface area contributed by atoms with Gasteiger partial charge >= 0.3 is 5.69 Å². The summed E-state index contributed by atoms with van der Waals surface area (Å²) in [5.74, 6) is -0.817. The number of amides is 2. The van der Waals surface area contributed by atoms with Crippen LogP contribution in [-0.2, 0) is 20.6 Å². The van der Waals surface area contributed by atoms with Gasteiger partial charge in [0, 0.05) is 20.3 Å². The average molecular weight is 373 g/mol. The molecule has 0 saturated heterocycles. The van der Waals surface area contributed by atoms with Crippen molar-refractivity contribution in [3.8, 4) is 0 Å². The van der Waals surface area contributed by atoms with Crippen LogP contribution in [0, 0.1) is 10.1 Å². The van der Waals surface area contributed by atoms with Crippen LogP contribution >= 0.6 is 0 Å². The fraction of sp³-hybridized carbons (Fsp3) is 0.200. The molecule has 0 aromatic carbocycles. The molecule has 0 aliphatic heterocycles. The first kappa shape index (κ1) is 17.8. The van der Waals surface area contributed by atoms with E-state index in [1.165, 1.54) is 24.2 Å². The van der Waals surface area contributed by atoms with Crippen LogP contribution in [0.2, 0.25) is 0 Å². The summed E-state index contributed by atoms with van der Waals surface area (Å²) >= 11 is 0. The standard InChI is InChI=1S/C15H15N7O5/c1-20-7-10(12(18-20)14(23)16-6-9-4-3-5-27-9)17-15(24)13-11(22(25)26)8-21(2)19-13/h3-5,7-8H,6H2,1-2H3,(H,16,23)(H,17,24). The van der Waals surface area contributed by atoms with Gasteiger partial charge in [-0.05, 0) is 12.1 Å². The Bertz CT molecular complexity index is 1000. The van der Waals surface area contributed by atoms with Crippen molar-refractivity contribution in [2.45, 2.75) is 6.54 Å². The predicted octanol–water partition coefficient (Wildman–Crippen LogP) is 0.837. The van der Waals surface area contributed by atoms with Crippen molar-refractivity contribution in [2.75, 3.05) is 5.32 Å². The van der Waals surface area contributed by atoms with Crippen molar-refractivity contribution < 1.29 is 18.9 Å². The Kier molecular flexibility index (Phi) is 4.70. The van der Waals surface area contributed by atoms with Crippen molar-refractivity contribution >= 4 is 23.2 Å². The van der Waals surface area contributed by atoms with Crippen molar-refractivity contribution in [1.29, 1.82) is 0 Å². The van der Waals surface area contributed by atoms with Gasteiger partial charge < -0.3 is 15.1 Å². The van der Waals surface area contributed by atoms with E-state index in [0.717, 1.165) is 10.9 Å². The molecule has 3 aromatic rings. The molecular weight excluding hydrogens is 358 g/mol. The predicted molar refractivity (Wildman–Crippen MR) is 90.9 cm³/mol. The van der Waals surface area contributed by atoms with Crippen LogP contribution in [0.3, 0.4) is 0 Å². The summed E-state index contributed by atoms with van der Waals surface area (Å²) in [6, 6.07) is 3.38. The molecule has 0 unspecified atom stereocenters. The summed E-state index contributed by atoms with van der Waals surface area (Å²) in [5.41, 5.74) is -0.758. The second-order valence-corrected chi connectivity index (χ2v) is 5.57. The molecule has 0 aliphatic carbocycles. The van der Waals surface area contributed by atoms with Crippen LogP contribution in [0.1, 0.15) is 26.7 Å². The van der Waals surface area contributed by atoms with E-state index in [2.05, 4.69) is 20.8 Å². The molecule has 3 heterocycles. The van der Waals surface area contributed by atoms with Crippen molar-refractivity contribution in [2.24, 2.45) is 14.1 Å². The zero-order valence-corrected chi connectivity index (χ0v) is 14.4. The van der Waals surface area contributed by atoms with Gasteiger partial charge in [0.05, 0.1) is 23.4 Å². The molecule has 0 saturated carbocycles. The molecule has 0 radical (unpaired) electrons. The fourth-order valence-corrected chi connectivity index (χ4v) is 2.36. The highest BCUT2D eigenvalue weighted by Gasteiger charge is 2.27. The maximum atomic E-state index is 12.4. The monoisotopic (exact) mass is 373 g/mol. The highest BCUT2D eigenvalue weighted by molar-refractivity contribution is 6.09. The van der Waals surface area contributed by atoms with Crippen LogP contribution in [0.25, 0.3) is 0 Å². The average Bonchev–Trinajstić information content (AvgIpc) is 3.32. The van der Waals surface area contributed by atoms with E-state index in [4.69, 9.17) is 4.42 Å². The number of anilines is 1. The second-order valence-electron chi connectivity index (χ2n) is 5.57. The molecule has 2 N–H and O–H groups in total.